The smallest absolute Gasteiger partial charge is 0.237 e. The molecule has 40 heavy (non-hydrogen) atoms. The maximum Gasteiger partial charge on any atom is 0.237 e. The Hall–Kier alpha value is -2.95. The lowest BCUT2D eigenvalue weighted by molar-refractivity contribution is -0.125. The molecule has 0 bridgehead atoms. The van der Waals surface area contributed by atoms with Gasteiger partial charge in [0.05, 0.1) is 46.2 Å². The lowest BCUT2D eigenvalue weighted by Gasteiger charge is -2.22. The van der Waals surface area contributed by atoms with Crippen LogP contribution in [0.3, 0.4) is 0 Å². The number of ether oxygens (including phenoxy) is 1. The third kappa shape index (κ3) is 7.03. The molecular formula is C30H42N6O3S. The van der Waals surface area contributed by atoms with E-state index in [4.69, 9.17) is 4.74 Å². The summed E-state index contributed by atoms with van der Waals surface area (Å²) in [5.41, 5.74) is 7.30. The summed E-state index contributed by atoms with van der Waals surface area (Å²) in [7, 11) is 2.02. The van der Waals surface area contributed by atoms with E-state index in [1.165, 1.54) is 23.3 Å². The van der Waals surface area contributed by atoms with Gasteiger partial charge in [-0.1, -0.05) is 43.3 Å². The number of rotatable bonds is 6. The minimum absolute atomic E-state index is 0.0214. The number of carbonyl (C=O) groups is 2. The number of aromatic nitrogens is 4. The molecule has 3 aliphatic rings. The monoisotopic (exact) mass is 566 g/mol. The minimum Gasteiger partial charge on any atom is -0.375 e. The molecule has 10 heteroatoms. The molecule has 0 spiro atoms. The van der Waals surface area contributed by atoms with E-state index in [-0.39, 0.29) is 24.0 Å². The molecule has 3 aromatic rings. The highest BCUT2D eigenvalue weighted by Gasteiger charge is 2.33. The van der Waals surface area contributed by atoms with E-state index in [0.29, 0.717) is 25.6 Å². The zero-order valence-electron chi connectivity index (χ0n) is 24.3. The van der Waals surface area contributed by atoms with Crippen LogP contribution in [0.2, 0.25) is 0 Å². The van der Waals surface area contributed by atoms with Crippen LogP contribution < -0.4 is 5.32 Å². The summed E-state index contributed by atoms with van der Waals surface area (Å²) in [5.74, 6) is 0.697. The van der Waals surface area contributed by atoms with Gasteiger partial charge < -0.3 is 14.8 Å². The largest absolute Gasteiger partial charge is 0.375 e. The Kier molecular flexibility index (Phi) is 10.6. The van der Waals surface area contributed by atoms with E-state index < -0.39 is 0 Å². The first kappa shape index (κ1) is 30.0. The Morgan fingerprint density at radius 1 is 1.18 bits per heavy atom. The van der Waals surface area contributed by atoms with E-state index in [9.17, 15) is 9.59 Å². The van der Waals surface area contributed by atoms with Crippen molar-refractivity contribution in [1.29, 1.82) is 0 Å². The van der Waals surface area contributed by atoms with Crippen molar-refractivity contribution < 1.29 is 14.3 Å². The van der Waals surface area contributed by atoms with Crippen LogP contribution in [0.15, 0.2) is 29.8 Å². The lowest BCUT2D eigenvalue weighted by atomic mass is 10.0. The maximum atomic E-state index is 12.4. The molecule has 1 aromatic carbocycles. The first-order valence-electron chi connectivity index (χ1n) is 14.4. The fraction of sp³-hybridized carbons (Fsp3) is 0.567. The molecule has 0 radical (unpaired) electrons. The number of aldehydes is 1. The van der Waals surface area contributed by atoms with Crippen LogP contribution in [0, 0.1) is 6.92 Å². The number of hydrogen-bond acceptors (Lipinski definition) is 8. The molecular weight excluding hydrogens is 524 g/mol. The van der Waals surface area contributed by atoms with Crippen LogP contribution in [0.4, 0.5) is 0 Å². The second-order valence-electron chi connectivity index (χ2n) is 10.4. The number of carbonyl (C=O) groups excluding carboxylic acids is 2. The molecule has 2 aliphatic heterocycles. The van der Waals surface area contributed by atoms with E-state index in [1.54, 1.807) is 16.0 Å². The molecule has 4 heterocycles. The highest BCUT2D eigenvalue weighted by molar-refractivity contribution is 7.13. The molecule has 6 rings (SSSR count). The summed E-state index contributed by atoms with van der Waals surface area (Å²) in [6.07, 6.45) is 6.08. The minimum atomic E-state index is -0.192. The summed E-state index contributed by atoms with van der Waals surface area (Å²) in [6.45, 7) is 10.2. The number of fused-ring (bicyclic) bond motifs is 1. The van der Waals surface area contributed by atoms with E-state index in [0.717, 1.165) is 48.3 Å². The van der Waals surface area contributed by atoms with Gasteiger partial charge in [0.25, 0.3) is 0 Å². The van der Waals surface area contributed by atoms with Crippen molar-refractivity contribution in [2.45, 2.75) is 90.4 Å². The third-order valence-electron chi connectivity index (χ3n) is 7.65. The number of likely N-dealkylation sites (N-methyl/N-ethyl adjacent to an activating group) is 1. The Morgan fingerprint density at radius 3 is 2.52 bits per heavy atom. The van der Waals surface area contributed by atoms with Gasteiger partial charge in [0.1, 0.15) is 12.3 Å². The number of amides is 1. The molecule has 3 atom stereocenters. The first-order valence-corrected chi connectivity index (χ1v) is 15.3. The molecule has 1 aliphatic carbocycles. The second kappa shape index (κ2) is 14.1. The maximum absolute atomic E-state index is 12.4. The first-order chi connectivity index (χ1) is 19.5. The number of likely N-dealkylation sites (tertiary alicyclic amines) is 1. The second-order valence-corrected chi connectivity index (χ2v) is 11.3. The summed E-state index contributed by atoms with van der Waals surface area (Å²) < 4.78 is 7.21. The van der Waals surface area contributed by atoms with Gasteiger partial charge in [-0.15, -0.1) is 16.4 Å². The zero-order valence-corrected chi connectivity index (χ0v) is 25.1. The molecule has 9 nitrogen and oxygen atoms in total. The average molecular weight is 567 g/mol. The Morgan fingerprint density at radius 2 is 1.93 bits per heavy atom. The topological polar surface area (TPSA) is 102 Å². The van der Waals surface area contributed by atoms with Crippen molar-refractivity contribution in [3.05, 3.63) is 52.4 Å². The molecule has 2 fully saturated rings. The number of aryl methyl sites for hydroxylation is 1. The van der Waals surface area contributed by atoms with E-state index >= 15 is 0 Å². The third-order valence-corrected chi connectivity index (χ3v) is 8.63. The zero-order chi connectivity index (χ0) is 28.6. The number of thiazole rings is 1. The van der Waals surface area contributed by atoms with Gasteiger partial charge in [-0.05, 0) is 64.3 Å². The molecule has 2 aromatic heterocycles. The van der Waals surface area contributed by atoms with Gasteiger partial charge in [-0.2, -0.15) is 0 Å². The number of nitrogens with zero attached hydrogens (tertiary/aromatic N) is 5. The molecule has 216 valence electrons. The van der Waals surface area contributed by atoms with Crippen molar-refractivity contribution >= 4 is 23.5 Å². The van der Waals surface area contributed by atoms with Crippen molar-refractivity contribution in [1.82, 2.24) is 30.2 Å². The van der Waals surface area contributed by atoms with Crippen LogP contribution in [0.1, 0.15) is 93.5 Å². The molecule has 3 unspecified atom stereocenters. The number of hydrogen-bond donors (Lipinski definition) is 1. The number of nitrogens with one attached hydrogen (secondary N) is 1. The van der Waals surface area contributed by atoms with Crippen molar-refractivity contribution in [3.63, 3.8) is 0 Å². The SMILES string of the molecule is CC.Cc1ncsc1-c1ccc(C(C)NC(=O)C2CCCN2C)cc1.O=CC1CCOCc2c(C3CC3)nnn21. The fourth-order valence-electron chi connectivity index (χ4n) is 5.16. The van der Waals surface area contributed by atoms with E-state index in [2.05, 4.69) is 49.8 Å². The highest BCUT2D eigenvalue weighted by atomic mass is 32.1. The Bertz CT molecular complexity index is 1250. The quantitative estimate of drug-likeness (QED) is 0.408. The van der Waals surface area contributed by atoms with Gasteiger partial charge in [-0.25, -0.2) is 9.67 Å². The van der Waals surface area contributed by atoms with E-state index in [1.807, 2.05) is 40.3 Å². The predicted molar refractivity (Wildman–Crippen MR) is 157 cm³/mol. The average Bonchev–Trinajstić information content (AvgIpc) is 3.45. The van der Waals surface area contributed by atoms with Crippen LogP contribution in [-0.4, -0.2) is 63.3 Å². The summed E-state index contributed by atoms with van der Waals surface area (Å²) in [4.78, 5) is 30.9. The summed E-state index contributed by atoms with van der Waals surface area (Å²) in [6, 6.07) is 8.27. The van der Waals surface area contributed by atoms with Gasteiger partial charge in [-0.3, -0.25) is 9.69 Å². The molecule has 1 saturated carbocycles. The van der Waals surface area contributed by atoms with Crippen LogP contribution in [-0.2, 0) is 20.9 Å². The van der Waals surface area contributed by atoms with Crippen molar-refractivity contribution in [3.8, 4) is 10.4 Å². The highest BCUT2D eigenvalue weighted by Crippen LogP contribution is 2.41. The van der Waals surface area contributed by atoms with Gasteiger partial charge in [0, 0.05) is 18.9 Å². The number of benzene rings is 1. The Labute approximate surface area is 241 Å². The fourth-order valence-corrected chi connectivity index (χ4v) is 5.98. The lowest BCUT2D eigenvalue weighted by Crippen LogP contribution is -2.42. The Balaban J connectivity index is 0.000000187. The summed E-state index contributed by atoms with van der Waals surface area (Å²) >= 11 is 1.66. The van der Waals surface area contributed by atoms with Gasteiger partial charge >= 0.3 is 0 Å². The molecule has 1 amide bonds. The standard InChI is InChI=1S/C18H23N3OS.C10H13N3O2.C2H6/c1-12(20-18(22)16-5-4-10-21(16)3)14-6-8-15(9-7-14)17-13(2)19-11-23-17;14-5-8-3-4-15-6-9-10(7-1-2-7)11-12-13(8)9;1-2/h6-9,11-12,16H,4-5,10H2,1-3H3,(H,20,22);5,7-8H,1-4,6H2;1-2H3. The van der Waals surface area contributed by atoms with Gasteiger partial charge in [0.15, 0.2) is 0 Å². The van der Waals surface area contributed by atoms with Crippen LogP contribution >= 0.6 is 11.3 Å². The van der Waals surface area contributed by atoms with Gasteiger partial charge in [0.2, 0.25) is 5.91 Å². The van der Waals surface area contributed by atoms with Crippen molar-refractivity contribution in [2.75, 3.05) is 20.2 Å². The molecule has 1 N–H and O–H groups in total. The summed E-state index contributed by atoms with van der Waals surface area (Å²) in [5, 5.41) is 11.4. The predicted octanol–water partition coefficient (Wildman–Crippen LogP) is 5.23. The van der Waals surface area contributed by atoms with Crippen LogP contribution in [0.25, 0.3) is 10.4 Å². The molecule has 1 saturated heterocycles. The van der Waals surface area contributed by atoms with Crippen molar-refractivity contribution in [2.24, 2.45) is 0 Å². The van der Waals surface area contributed by atoms with Crippen LogP contribution in [0.5, 0.6) is 0 Å². The normalized spacial score (nSPS) is 21.1.